The molecule has 0 amide bonds. The maximum absolute atomic E-state index is 10.1. The van der Waals surface area contributed by atoms with Crippen LogP contribution in [0.1, 0.15) is 29.8 Å². The van der Waals surface area contributed by atoms with Crippen molar-refractivity contribution in [1.82, 2.24) is 14.9 Å². The molecule has 0 unspecified atom stereocenters. The molecule has 3 rings (SSSR count). The molecular weight excluding hydrogens is 294 g/mol. The van der Waals surface area contributed by atoms with Crippen LogP contribution in [-0.4, -0.2) is 45.8 Å². The predicted molar refractivity (Wildman–Crippen MR) is 84.8 cm³/mol. The number of aryl methyl sites for hydroxylation is 1. The van der Waals surface area contributed by atoms with E-state index in [1.54, 1.807) is 6.26 Å². The summed E-state index contributed by atoms with van der Waals surface area (Å²) in [5.74, 6) is 1.65. The lowest BCUT2D eigenvalue weighted by Gasteiger charge is -2.29. The first-order valence-corrected chi connectivity index (χ1v) is 8.08. The summed E-state index contributed by atoms with van der Waals surface area (Å²) in [5.41, 5.74) is 2.31. The number of aliphatic hydroxyl groups is 1. The van der Waals surface area contributed by atoms with Crippen LogP contribution in [0.25, 0.3) is 0 Å². The largest absolute Gasteiger partial charge is 0.467 e. The molecule has 1 N–H and O–H groups in total. The van der Waals surface area contributed by atoms with E-state index in [9.17, 15) is 5.11 Å². The highest BCUT2D eigenvalue weighted by molar-refractivity contribution is 5.20. The van der Waals surface area contributed by atoms with Gasteiger partial charge in [-0.05, 0) is 24.1 Å². The fourth-order valence-corrected chi connectivity index (χ4v) is 2.77. The third kappa shape index (κ3) is 4.37. The second kappa shape index (κ2) is 7.68. The van der Waals surface area contributed by atoms with E-state index in [4.69, 9.17) is 9.15 Å². The van der Waals surface area contributed by atoms with Gasteiger partial charge in [-0.15, -0.1) is 0 Å². The number of hydrogen-bond acceptors (Lipinski definition) is 6. The molecule has 6 nitrogen and oxygen atoms in total. The number of fused-ring (bicyclic) bond motifs is 1. The van der Waals surface area contributed by atoms with Crippen LogP contribution in [0.4, 0.5) is 0 Å². The maximum Gasteiger partial charge on any atom is 0.129 e. The van der Waals surface area contributed by atoms with Gasteiger partial charge in [0.05, 0.1) is 24.7 Å². The molecule has 1 atom stereocenters. The molecule has 0 saturated carbocycles. The molecule has 23 heavy (non-hydrogen) atoms. The molecule has 1 aliphatic heterocycles. The molecule has 124 valence electrons. The molecule has 0 aliphatic carbocycles. The SMILES string of the molecule is CCc1ncc2c(n1)CN(C[C@H](O)COCc1ccco1)CC2. The first kappa shape index (κ1) is 16.1. The maximum atomic E-state index is 10.1. The van der Waals surface area contributed by atoms with Crippen molar-refractivity contribution < 1.29 is 14.3 Å². The zero-order chi connectivity index (χ0) is 16.1. The highest BCUT2D eigenvalue weighted by Crippen LogP contribution is 2.17. The minimum Gasteiger partial charge on any atom is -0.467 e. The number of rotatable bonds is 7. The Labute approximate surface area is 136 Å². The van der Waals surface area contributed by atoms with Gasteiger partial charge in [-0.1, -0.05) is 6.92 Å². The topological polar surface area (TPSA) is 71.6 Å². The van der Waals surface area contributed by atoms with Crippen molar-refractivity contribution >= 4 is 0 Å². The lowest BCUT2D eigenvalue weighted by Crippen LogP contribution is -2.38. The predicted octanol–water partition coefficient (Wildman–Crippen LogP) is 1.57. The average molecular weight is 317 g/mol. The van der Waals surface area contributed by atoms with Crippen LogP contribution in [-0.2, 0) is 30.7 Å². The molecule has 0 spiro atoms. The molecule has 2 aromatic heterocycles. The molecule has 1 aliphatic rings. The third-order valence-electron chi connectivity index (χ3n) is 3.99. The van der Waals surface area contributed by atoms with E-state index in [0.29, 0.717) is 19.8 Å². The molecule has 0 bridgehead atoms. The molecule has 6 heteroatoms. The Kier molecular flexibility index (Phi) is 5.38. The number of aliphatic hydroxyl groups excluding tert-OH is 1. The van der Waals surface area contributed by atoms with Crippen molar-refractivity contribution in [1.29, 1.82) is 0 Å². The van der Waals surface area contributed by atoms with Crippen LogP contribution in [0.2, 0.25) is 0 Å². The van der Waals surface area contributed by atoms with Crippen molar-refractivity contribution in [3.8, 4) is 0 Å². The van der Waals surface area contributed by atoms with E-state index >= 15 is 0 Å². The van der Waals surface area contributed by atoms with Crippen LogP contribution < -0.4 is 0 Å². The van der Waals surface area contributed by atoms with E-state index in [0.717, 1.165) is 43.2 Å². The van der Waals surface area contributed by atoms with Gasteiger partial charge in [-0.25, -0.2) is 9.97 Å². The highest BCUT2D eigenvalue weighted by Gasteiger charge is 2.20. The Morgan fingerprint density at radius 2 is 2.39 bits per heavy atom. The molecule has 3 heterocycles. The molecule has 0 saturated heterocycles. The minimum atomic E-state index is -0.515. The van der Waals surface area contributed by atoms with Gasteiger partial charge < -0.3 is 14.3 Å². The lowest BCUT2D eigenvalue weighted by molar-refractivity contribution is 0.00287. The summed E-state index contributed by atoms with van der Waals surface area (Å²) in [5, 5.41) is 10.1. The van der Waals surface area contributed by atoms with Crippen molar-refractivity contribution in [3.05, 3.63) is 47.4 Å². The number of aromatic nitrogens is 2. The monoisotopic (exact) mass is 317 g/mol. The molecule has 0 fully saturated rings. The summed E-state index contributed by atoms with van der Waals surface area (Å²) >= 11 is 0. The van der Waals surface area contributed by atoms with E-state index in [-0.39, 0.29) is 0 Å². The summed E-state index contributed by atoms with van der Waals surface area (Å²) in [4.78, 5) is 11.2. The molecule has 0 aromatic carbocycles. The molecular formula is C17H23N3O3. The summed E-state index contributed by atoms with van der Waals surface area (Å²) < 4.78 is 10.7. The van der Waals surface area contributed by atoms with Crippen molar-refractivity contribution in [2.45, 2.75) is 39.0 Å². The molecule has 2 aromatic rings. The summed E-state index contributed by atoms with van der Waals surface area (Å²) in [6.45, 7) is 5.01. The van der Waals surface area contributed by atoms with Gasteiger partial charge in [0.25, 0.3) is 0 Å². The van der Waals surface area contributed by atoms with Crippen molar-refractivity contribution in [2.24, 2.45) is 0 Å². The first-order valence-electron chi connectivity index (χ1n) is 8.08. The number of β-amino-alcohol motifs (C(OH)–C–C–N with tert-alkyl or cyclic N) is 1. The van der Waals surface area contributed by atoms with Gasteiger partial charge >= 0.3 is 0 Å². The van der Waals surface area contributed by atoms with Gasteiger partial charge in [0.15, 0.2) is 0 Å². The van der Waals surface area contributed by atoms with Gasteiger partial charge in [0, 0.05) is 32.3 Å². The van der Waals surface area contributed by atoms with E-state index in [1.807, 2.05) is 18.3 Å². The smallest absolute Gasteiger partial charge is 0.129 e. The highest BCUT2D eigenvalue weighted by atomic mass is 16.5. The summed E-state index contributed by atoms with van der Waals surface area (Å²) in [6, 6.07) is 3.69. The second-order valence-corrected chi connectivity index (χ2v) is 5.85. The zero-order valence-electron chi connectivity index (χ0n) is 13.4. The molecule has 0 radical (unpaired) electrons. The second-order valence-electron chi connectivity index (χ2n) is 5.85. The van der Waals surface area contributed by atoms with Gasteiger partial charge in [0.1, 0.15) is 18.2 Å². The van der Waals surface area contributed by atoms with E-state index in [1.165, 1.54) is 5.56 Å². The van der Waals surface area contributed by atoms with Crippen LogP contribution in [0.15, 0.2) is 29.0 Å². The van der Waals surface area contributed by atoms with Crippen molar-refractivity contribution in [2.75, 3.05) is 19.7 Å². The van der Waals surface area contributed by atoms with Crippen LogP contribution in [0.3, 0.4) is 0 Å². The van der Waals surface area contributed by atoms with Crippen molar-refractivity contribution in [3.63, 3.8) is 0 Å². The zero-order valence-corrected chi connectivity index (χ0v) is 13.4. The standard InChI is InChI=1S/C17H23N3O3/c1-2-17-18-8-13-5-6-20(10-16(13)19-17)9-14(21)11-22-12-15-4-3-7-23-15/h3-4,7-8,14,21H,2,5-6,9-12H2,1H3/t14-/m0/s1. The number of nitrogens with zero attached hydrogens (tertiary/aromatic N) is 3. The Balaban J connectivity index is 1.46. The Morgan fingerprint density at radius 1 is 1.48 bits per heavy atom. The normalized spacial score (nSPS) is 16.3. The fourth-order valence-electron chi connectivity index (χ4n) is 2.77. The first-order chi connectivity index (χ1) is 11.2. The quantitative estimate of drug-likeness (QED) is 0.836. The van der Waals surface area contributed by atoms with Crippen LogP contribution in [0, 0.1) is 0 Å². The van der Waals surface area contributed by atoms with E-state index < -0.39 is 6.10 Å². The summed E-state index contributed by atoms with van der Waals surface area (Å²) in [6.07, 6.45) is 4.82. The van der Waals surface area contributed by atoms with E-state index in [2.05, 4.69) is 21.8 Å². The third-order valence-corrected chi connectivity index (χ3v) is 3.99. The van der Waals surface area contributed by atoms with Gasteiger partial charge in [0.2, 0.25) is 0 Å². The fraction of sp³-hybridized carbons (Fsp3) is 0.529. The number of hydrogen-bond donors (Lipinski definition) is 1. The van der Waals surface area contributed by atoms with Crippen LogP contribution >= 0.6 is 0 Å². The average Bonchev–Trinajstić information content (AvgIpc) is 3.07. The lowest BCUT2D eigenvalue weighted by atomic mass is 10.1. The minimum absolute atomic E-state index is 0.300. The Hall–Kier alpha value is -1.76. The Bertz CT molecular complexity index is 616. The van der Waals surface area contributed by atoms with Gasteiger partial charge in [-0.2, -0.15) is 0 Å². The van der Waals surface area contributed by atoms with Crippen LogP contribution in [0.5, 0.6) is 0 Å². The number of ether oxygens (including phenoxy) is 1. The van der Waals surface area contributed by atoms with Gasteiger partial charge in [-0.3, -0.25) is 4.90 Å². The number of furan rings is 1. The summed E-state index contributed by atoms with van der Waals surface area (Å²) in [7, 11) is 0. The Morgan fingerprint density at radius 3 is 3.17 bits per heavy atom.